The van der Waals surface area contributed by atoms with E-state index < -0.39 is 63.8 Å². The van der Waals surface area contributed by atoms with E-state index >= 15 is 0 Å². The van der Waals surface area contributed by atoms with Gasteiger partial charge in [0.25, 0.3) is 5.91 Å². The minimum absolute atomic E-state index is 0.0579. The van der Waals surface area contributed by atoms with Gasteiger partial charge in [0, 0.05) is 18.5 Å². The predicted octanol–water partition coefficient (Wildman–Crippen LogP) is -1.41. The van der Waals surface area contributed by atoms with Gasteiger partial charge in [-0.25, -0.2) is 0 Å². The number of phenolic OH excluding ortho intramolecular Hbond substituents is 1. The van der Waals surface area contributed by atoms with Crippen molar-refractivity contribution >= 4 is 28.9 Å². The quantitative estimate of drug-likeness (QED) is 0.266. The third kappa shape index (κ3) is 2.89. The molecule has 1 saturated carbocycles. The summed E-state index contributed by atoms with van der Waals surface area (Å²) in [6.45, 7) is 0. The summed E-state index contributed by atoms with van der Waals surface area (Å²) < 4.78 is 0. The number of aliphatic hydroxyl groups is 2. The number of rotatable bonds is 3. The Balaban J connectivity index is 1.99. The zero-order valence-electron chi connectivity index (χ0n) is 18.2. The number of carbonyl (C=O) groups is 3. The number of aromatic hydroxyl groups is 1. The smallest absolute Gasteiger partial charge is 0.255 e. The van der Waals surface area contributed by atoms with E-state index in [1.807, 2.05) is 0 Å². The summed E-state index contributed by atoms with van der Waals surface area (Å²) in [7, 11) is 4.38. The molecule has 1 aromatic carbocycles. The second kappa shape index (κ2) is 7.30. The number of likely N-dealkylation sites (N-methyl/N-ethyl adjacent to an activating group) is 1. The third-order valence-corrected chi connectivity index (χ3v) is 6.91. The van der Waals surface area contributed by atoms with E-state index in [-0.39, 0.29) is 29.7 Å². The van der Waals surface area contributed by atoms with Gasteiger partial charge in [0.15, 0.2) is 17.2 Å². The van der Waals surface area contributed by atoms with E-state index in [9.17, 15) is 40.0 Å². The molecule has 3 aliphatic rings. The molecule has 33 heavy (non-hydrogen) atoms. The van der Waals surface area contributed by atoms with E-state index in [2.05, 4.69) is 0 Å². The van der Waals surface area contributed by atoms with Crippen LogP contribution in [-0.4, -0.2) is 75.7 Å². The first-order valence-electron chi connectivity index (χ1n) is 10.2. The lowest BCUT2D eigenvalue weighted by Crippen LogP contribution is -2.65. The number of anilines is 1. The Morgan fingerprint density at radius 2 is 1.85 bits per heavy atom. The number of primary amides is 1. The highest BCUT2D eigenvalue weighted by molar-refractivity contribution is 6.24. The number of hydrogen-bond acceptors (Lipinski definition) is 10. The first kappa shape index (κ1) is 22.8. The molecule has 0 heterocycles. The Bertz CT molecular complexity index is 1170. The molecule has 176 valence electrons. The van der Waals surface area contributed by atoms with Crippen LogP contribution in [0.25, 0.3) is 5.76 Å². The number of phenols is 1. The SMILES string of the molecule is CN(O)c1ccc(O)c2c1CC1CC3[C@H](N(C)C)C(=O)C(C(N)=O)=C(O)[C@@]3(O)C(=O)C1=C2[O-]. The van der Waals surface area contributed by atoms with Gasteiger partial charge in [0.1, 0.15) is 17.1 Å². The zero-order chi connectivity index (χ0) is 24.6. The van der Waals surface area contributed by atoms with Crippen LogP contribution in [0.15, 0.2) is 29.0 Å². The highest BCUT2D eigenvalue weighted by atomic mass is 16.5. The van der Waals surface area contributed by atoms with Crippen molar-refractivity contribution in [2.45, 2.75) is 24.5 Å². The van der Waals surface area contributed by atoms with E-state index in [1.54, 1.807) is 0 Å². The molecule has 2 unspecified atom stereocenters. The van der Waals surface area contributed by atoms with Crippen molar-refractivity contribution in [1.29, 1.82) is 0 Å². The van der Waals surface area contributed by atoms with Crippen molar-refractivity contribution in [3.8, 4) is 5.75 Å². The molecule has 1 fully saturated rings. The van der Waals surface area contributed by atoms with Gasteiger partial charge in [-0.1, -0.05) is 5.76 Å². The Hall–Kier alpha value is -3.41. The summed E-state index contributed by atoms with van der Waals surface area (Å²) in [5.74, 6) is -7.63. The summed E-state index contributed by atoms with van der Waals surface area (Å²) in [5, 5.41) is 56.7. The van der Waals surface area contributed by atoms with Gasteiger partial charge >= 0.3 is 0 Å². The molecular weight excluding hydrogens is 434 g/mol. The molecule has 0 spiro atoms. The van der Waals surface area contributed by atoms with E-state index in [0.29, 0.717) is 5.56 Å². The monoisotopic (exact) mass is 458 g/mol. The fourth-order valence-corrected chi connectivity index (χ4v) is 5.51. The van der Waals surface area contributed by atoms with Gasteiger partial charge in [-0.15, -0.1) is 0 Å². The number of amides is 1. The first-order chi connectivity index (χ1) is 15.3. The predicted molar refractivity (Wildman–Crippen MR) is 112 cm³/mol. The number of fused-ring (bicyclic) bond motifs is 3. The molecule has 0 aliphatic heterocycles. The van der Waals surface area contributed by atoms with Crippen molar-refractivity contribution in [3.05, 3.63) is 40.2 Å². The van der Waals surface area contributed by atoms with Crippen molar-refractivity contribution in [2.24, 2.45) is 17.6 Å². The van der Waals surface area contributed by atoms with Crippen molar-refractivity contribution in [2.75, 3.05) is 26.2 Å². The summed E-state index contributed by atoms with van der Waals surface area (Å²) in [5.41, 5.74) is 1.71. The topological polar surface area (TPSA) is 188 Å². The Kier molecular flexibility index (Phi) is 5.04. The van der Waals surface area contributed by atoms with Gasteiger partial charge < -0.3 is 26.2 Å². The maximum atomic E-state index is 13.6. The Morgan fingerprint density at radius 3 is 2.39 bits per heavy atom. The first-order valence-corrected chi connectivity index (χ1v) is 10.2. The van der Waals surface area contributed by atoms with Crippen LogP contribution >= 0.6 is 0 Å². The molecule has 6 N–H and O–H groups in total. The number of aliphatic hydroxyl groups excluding tert-OH is 1. The van der Waals surface area contributed by atoms with Crippen LogP contribution in [0.3, 0.4) is 0 Å². The number of hydroxylamine groups is 1. The largest absolute Gasteiger partial charge is 0.872 e. The minimum Gasteiger partial charge on any atom is -0.872 e. The highest BCUT2D eigenvalue weighted by Gasteiger charge is 2.63. The number of nitrogens with zero attached hydrogens (tertiary/aromatic N) is 2. The van der Waals surface area contributed by atoms with Crippen LogP contribution < -0.4 is 15.9 Å². The minimum atomic E-state index is -2.72. The van der Waals surface area contributed by atoms with E-state index in [0.717, 1.165) is 5.06 Å². The second-order valence-corrected chi connectivity index (χ2v) is 8.92. The molecule has 4 atom stereocenters. The van der Waals surface area contributed by atoms with Gasteiger partial charge in [-0.2, -0.15) is 0 Å². The number of ketones is 2. The van der Waals surface area contributed by atoms with Crippen LogP contribution in [0, 0.1) is 11.8 Å². The molecule has 0 saturated heterocycles. The van der Waals surface area contributed by atoms with Crippen LogP contribution in [0.5, 0.6) is 5.75 Å². The van der Waals surface area contributed by atoms with Crippen LogP contribution in [-0.2, 0) is 20.8 Å². The summed E-state index contributed by atoms with van der Waals surface area (Å²) in [6.07, 6.45) is 0.00251. The molecule has 4 rings (SSSR count). The maximum Gasteiger partial charge on any atom is 0.255 e. The maximum absolute atomic E-state index is 13.6. The third-order valence-electron chi connectivity index (χ3n) is 6.91. The standard InChI is InChI=1S/C22H25N3O8/c1-24(2)16-10-7-8-6-9-11(25(3)33)4-5-12(26)14(9)17(27)13(8)19(29)22(10,32)20(30)15(18(16)28)21(23)31/h4-5,8,10,16,26-27,30,32-33H,6-7H2,1-3H3,(H2,23,31)/p-1/t8?,10?,16-,22-/m0/s1. The van der Waals surface area contributed by atoms with E-state index in [1.165, 1.54) is 38.2 Å². The zero-order valence-corrected chi connectivity index (χ0v) is 18.2. The fourth-order valence-electron chi connectivity index (χ4n) is 5.51. The summed E-state index contributed by atoms with van der Waals surface area (Å²) in [6, 6.07) is 1.46. The molecule has 0 aromatic heterocycles. The number of carbonyl (C=O) groups excluding carboxylic acids is 3. The molecule has 0 radical (unpaired) electrons. The van der Waals surface area contributed by atoms with E-state index in [4.69, 9.17) is 5.73 Å². The number of benzene rings is 1. The van der Waals surface area contributed by atoms with Crippen LogP contribution in [0.4, 0.5) is 5.69 Å². The van der Waals surface area contributed by atoms with Gasteiger partial charge in [0.05, 0.1) is 11.7 Å². The normalized spacial score (nSPS) is 29.1. The van der Waals surface area contributed by atoms with Crippen molar-refractivity contribution in [1.82, 2.24) is 4.90 Å². The number of hydrogen-bond donors (Lipinski definition) is 5. The molecule has 1 amide bonds. The van der Waals surface area contributed by atoms with Crippen molar-refractivity contribution < 1.29 is 40.0 Å². The molecule has 11 heteroatoms. The Labute approximate surface area is 188 Å². The van der Waals surface area contributed by atoms with Crippen LogP contribution in [0.2, 0.25) is 0 Å². The van der Waals surface area contributed by atoms with Gasteiger partial charge in [-0.05, 0) is 56.1 Å². The average molecular weight is 458 g/mol. The molecule has 1 aromatic rings. The molecular formula is C22H24N3O8-. The number of nitrogens with two attached hydrogens (primary N) is 1. The van der Waals surface area contributed by atoms with Crippen LogP contribution in [0.1, 0.15) is 17.5 Å². The summed E-state index contributed by atoms with van der Waals surface area (Å²) in [4.78, 5) is 39.9. The lowest BCUT2D eigenvalue weighted by Gasteiger charge is -2.51. The molecule has 0 bridgehead atoms. The average Bonchev–Trinajstić information content (AvgIpc) is 2.70. The lowest BCUT2D eigenvalue weighted by molar-refractivity contribution is -0.246. The van der Waals surface area contributed by atoms with Gasteiger partial charge in [0.2, 0.25) is 0 Å². The molecule has 11 nitrogen and oxygen atoms in total. The fraction of sp³-hybridized carbons (Fsp3) is 0.409. The summed E-state index contributed by atoms with van der Waals surface area (Å²) >= 11 is 0. The molecule has 3 aliphatic carbocycles. The van der Waals surface area contributed by atoms with Gasteiger partial charge in [-0.3, -0.25) is 29.6 Å². The number of Topliss-reactive ketones (excluding diaryl/α,β-unsaturated/α-hetero) is 2. The Morgan fingerprint density at radius 1 is 1.21 bits per heavy atom. The lowest BCUT2D eigenvalue weighted by atomic mass is 9.57. The second-order valence-electron chi connectivity index (χ2n) is 8.92. The highest BCUT2D eigenvalue weighted by Crippen LogP contribution is 2.53. The van der Waals surface area contributed by atoms with Crippen molar-refractivity contribution in [3.63, 3.8) is 0 Å².